The third-order valence-electron chi connectivity index (χ3n) is 8.50. The first kappa shape index (κ1) is 27.5. The topological polar surface area (TPSA) is 134 Å². The van der Waals surface area contributed by atoms with Crippen molar-refractivity contribution in [2.45, 2.75) is 51.3 Å². The van der Waals surface area contributed by atoms with Crippen molar-refractivity contribution in [3.8, 4) is 17.0 Å². The monoisotopic (exact) mass is 580 g/mol. The van der Waals surface area contributed by atoms with Gasteiger partial charge < -0.3 is 20.5 Å². The van der Waals surface area contributed by atoms with Crippen LogP contribution in [0.2, 0.25) is 0 Å². The lowest BCUT2D eigenvalue weighted by molar-refractivity contribution is -0.229. The number of nitrogens with one attached hydrogen (secondary N) is 1. The number of halogens is 3. The Labute approximate surface area is 238 Å². The summed E-state index contributed by atoms with van der Waals surface area (Å²) in [6.45, 7) is 5.88. The van der Waals surface area contributed by atoms with Crippen LogP contribution in [0.5, 0.6) is 5.75 Å². The van der Waals surface area contributed by atoms with Gasteiger partial charge in [-0.1, -0.05) is 0 Å². The molecule has 6 rings (SSSR count). The molecule has 3 atom stereocenters. The van der Waals surface area contributed by atoms with Crippen molar-refractivity contribution >= 4 is 29.0 Å². The minimum absolute atomic E-state index is 0.136. The Bertz CT molecular complexity index is 1760. The van der Waals surface area contributed by atoms with E-state index in [9.17, 15) is 22.8 Å². The number of anilines is 2. The van der Waals surface area contributed by atoms with Gasteiger partial charge in [-0.05, 0) is 63.9 Å². The van der Waals surface area contributed by atoms with Gasteiger partial charge in [0.15, 0.2) is 0 Å². The molecule has 10 nitrogen and oxygen atoms in total. The van der Waals surface area contributed by atoms with Crippen molar-refractivity contribution in [3.63, 3.8) is 0 Å². The maximum absolute atomic E-state index is 13.1. The second kappa shape index (κ2) is 9.43. The van der Waals surface area contributed by atoms with Crippen molar-refractivity contribution in [3.05, 3.63) is 65.9 Å². The number of benzene rings is 1. The number of hydrogen-bond acceptors (Lipinski definition) is 8. The van der Waals surface area contributed by atoms with E-state index in [1.54, 1.807) is 25.4 Å². The minimum atomic E-state index is -4.58. The summed E-state index contributed by atoms with van der Waals surface area (Å²) in [5, 5.41) is 2.41. The fourth-order valence-electron chi connectivity index (χ4n) is 5.98. The van der Waals surface area contributed by atoms with E-state index in [1.165, 1.54) is 12.1 Å². The van der Waals surface area contributed by atoms with E-state index in [2.05, 4.69) is 15.3 Å². The van der Waals surface area contributed by atoms with E-state index in [-0.39, 0.29) is 35.7 Å². The zero-order valence-corrected chi connectivity index (χ0v) is 23.0. The zero-order chi connectivity index (χ0) is 30.0. The molecule has 3 aromatic heterocycles. The number of amides is 1. The first-order chi connectivity index (χ1) is 19.9. The summed E-state index contributed by atoms with van der Waals surface area (Å²) >= 11 is 0. The summed E-state index contributed by atoms with van der Waals surface area (Å²) in [6.07, 6.45) is 1.06. The van der Waals surface area contributed by atoms with Crippen LogP contribution in [0.1, 0.15) is 61.3 Å². The van der Waals surface area contributed by atoms with Crippen molar-refractivity contribution in [1.29, 1.82) is 0 Å². The lowest BCUT2D eigenvalue weighted by Gasteiger charge is -2.51. The number of carbonyl (C=O) groups excluding carboxylic acids is 2. The molecule has 0 spiro atoms. The van der Waals surface area contributed by atoms with E-state index < -0.39 is 28.7 Å². The molecule has 0 bridgehead atoms. The summed E-state index contributed by atoms with van der Waals surface area (Å²) in [7, 11) is 0. The molecule has 0 radical (unpaired) electrons. The molecule has 1 amide bonds. The van der Waals surface area contributed by atoms with Crippen molar-refractivity contribution < 1.29 is 32.2 Å². The maximum Gasteiger partial charge on any atom is 0.416 e. The number of ether oxygens (including phenoxy) is 2. The average Bonchev–Trinajstić information content (AvgIpc) is 3.42. The number of pyridine rings is 1. The number of fused-ring (bicyclic) bond motifs is 2. The third-order valence-corrected chi connectivity index (χ3v) is 8.50. The van der Waals surface area contributed by atoms with Crippen LogP contribution in [0.3, 0.4) is 0 Å². The summed E-state index contributed by atoms with van der Waals surface area (Å²) in [4.78, 5) is 38.4. The molecular weight excluding hydrogens is 553 g/mol. The molecule has 4 aromatic rings. The number of rotatable bonds is 6. The molecule has 13 heteroatoms. The second-order valence-corrected chi connectivity index (χ2v) is 10.8. The highest BCUT2D eigenvalue weighted by Crippen LogP contribution is 2.63. The second-order valence-electron chi connectivity index (χ2n) is 10.8. The van der Waals surface area contributed by atoms with Gasteiger partial charge in [0.2, 0.25) is 0 Å². The van der Waals surface area contributed by atoms with Gasteiger partial charge in [-0.15, -0.1) is 0 Å². The van der Waals surface area contributed by atoms with E-state index in [0.717, 1.165) is 18.3 Å². The van der Waals surface area contributed by atoms with Crippen LogP contribution < -0.4 is 15.8 Å². The molecule has 218 valence electrons. The number of esters is 1. The van der Waals surface area contributed by atoms with Crippen LogP contribution in [-0.2, 0) is 15.7 Å². The van der Waals surface area contributed by atoms with Crippen molar-refractivity contribution in [2.24, 2.45) is 5.41 Å². The maximum atomic E-state index is 13.1. The number of carbonyl (C=O) groups is 2. The predicted molar refractivity (Wildman–Crippen MR) is 146 cm³/mol. The highest BCUT2D eigenvalue weighted by Gasteiger charge is 2.71. The molecule has 1 unspecified atom stereocenters. The lowest BCUT2D eigenvalue weighted by Crippen LogP contribution is -2.62. The third kappa shape index (κ3) is 4.05. The quantitative estimate of drug-likeness (QED) is 0.296. The molecule has 4 heterocycles. The zero-order valence-electron chi connectivity index (χ0n) is 23.0. The highest BCUT2D eigenvalue weighted by molar-refractivity contribution is 6.04. The Kier molecular flexibility index (Phi) is 6.17. The van der Waals surface area contributed by atoms with Gasteiger partial charge in [-0.25, -0.2) is 15.0 Å². The summed E-state index contributed by atoms with van der Waals surface area (Å²) in [5.74, 6) is -0.138. The SMILES string of the molecule is CCOc1cc(C(=O)Nc2cc(C(F)(F)F)ccn2)ccc1-c1nc([C@H]2CC[C@@]3(C)C(=O)OC23C)n2ccnc(N)c12. The molecule has 42 heavy (non-hydrogen) atoms. The minimum Gasteiger partial charge on any atom is -0.493 e. The molecule has 1 saturated carbocycles. The van der Waals surface area contributed by atoms with E-state index in [0.29, 0.717) is 41.2 Å². The van der Waals surface area contributed by atoms with Gasteiger partial charge in [-0.3, -0.25) is 14.0 Å². The predicted octanol–water partition coefficient (Wildman–Crippen LogP) is 5.24. The first-order valence-electron chi connectivity index (χ1n) is 13.3. The smallest absolute Gasteiger partial charge is 0.416 e. The molecule has 1 aliphatic heterocycles. The highest BCUT2D eigenvalue weighted by atomic mass is 19.4. The number of imidazole rings is 1. The number of nitrogen functional groups attached to an aromatic ring is 1. The van der Waals surface area contributed by atoms with Crippen LogP contribution in [0.15, 0.2) is 48.9 Å². The number of nitrogens with zero attached hydrogens (tertiary/aromatic N) is 4. The first-order valence-corrected chi connectivity index (χ1v) is 13.3. The summed E-state index contributed by atoms with van der Waals surface area (Å²) in [6, 6.07) is 6.23. The molecule has 1 saturated heterocycles. The Morgan fingerprint density at radius 2 is 2.00 bits per heavy atom. The van der Waals surface area contributed by atoms with E-state index in [1.807, 2.05) is 18.2 Å². The van der Waals surface area contributed by atoms with Crippen LogP contribution in [0.4, 0.5) is 24.8 Å². The standard InChI is InChI=1S/C29H27F3N6O4/c1-4-41-19-13-15(25(39)36-20-14-16(8-10-34-20)29(30,31)32)5-6-17(19)21-22-23(33)35-11-12-38(22)24(37-21)18-7-9-27(2)26(40)42-28(18,27)3/h5-6,8,10-14,18H,4,7,9H2,1-3H3,(H2,33,35)(H,34,36,39)/t18-,27+,28?/m1/s1. The van der Waals surface area contributed by atoms with E-state index in [4.69, 9.17) is 20.2 Å². The number of aromatic nitrogens is 4. The van der Waals surface area contributed by atoms with Gasteiger partial charge in [0.1, 0.15) is 45.4 Å². The Morgan fingerprint density at radius 3 is 2.69 bits per heavy atom. The average molecular weight is 581 g/mol. The molecule has 2 fully saturated rings. The van der Waals surface area contributed by atoms with Crippen LogP contribution in [0.25, 0.3) is 16.8 Å². The summed E-state index contributed by atoms with van der Waals surface area (Å²) in [5.41, 5.74) is 5.74. The Hall–Kier alpha value is -4.68. The van der Waals surface area contributed by atoms with Crippen molar-refractivity contribution in [2.75, 3.05) is 17.7 Å². The summed E-state index contributed by atoms with van der Waals surface area (Å²) < 4.78 is 52.8. The fourth-order valence-corrected chi connectivity index (χ4v) is 5.98. The molecule has 1 aliphatic carbocycles. The van der Waals surface area contributed by atoms with Gasteiger partial charge >= 0.3 is 12.1 Å². The Balaban J connectivity index is 1.40. The molecule has 2 aliphatic rings. The Morgan fingerprint density at radius 1 is 1.21 bits per heavy atom. The van der Waals surface area contributed by atoms with Crippen LogP contribution in [-0.4, -0.2) is 43.4 Å². The van der Waals surface area contributed by atoms with Gasteiger partial charge in [0.25, 0.3) is 5.91 Å². The van der Waals surface area contributed by atoms with Gasteiger partial charge in [0.05, 0.1) is 18.1 Å². The molecule has 1 aromatic carbocycles. The largest absolute Gasteiger partial charge is 0.493 e. The normalized spacial score (nSPS) is 23.3. The van der Waals surface area contributed by atoms with Crippen LogP contribution >= 0.6 is 0 Å². The fraction of sp³-hybridized carbons (Fsp3) is 0.345. The molecule has 3 N–H and O–H groups in total. The lowest BCUT2D eigenvalue weighted by atomic mass is 9.69. The number of nitrogens with two attached hydrogens (primary N) is 1. The van der Waals surface area contributed by atoms with Crippen LogP contribution in [0, 0.1) is 5.41 Å². The number of hydrogen-bond donors (Lipinski definition) is 2. The molecular formula is C29H27F3N6O4. The van der Waals surface area contributed by atoms with Gasteiger partial charge in [0, 0.05) is 29.7 Å². The van der Waals surface area contributed by atoms with Gasteiger partial charge in [-0.2, -0.15) is 13.2 Å². The van der Waals surface area contributed by atoms with E-state index >= 15 is 0 Å². The van der Waals surface area contributed by atoms with Crippen molar-refractivity contribution in [1.82, 2.24) is 19.4 Å². The number of alkyl halides is 3.